The Bertz CT molecular complexity index is 816. The number of thioether (sulfide) groups is 1. The third kappa shape index (κ3) is 3.88. The molecule has 0 aliphatic carbocycles. The molecule has 7 heteroatoms. The van der Waals surface area contributed by atoms with Crippen molar-refractivity contribution in [1.29, 1.82) is 0 Å². The van der Waals surface area contributed by atoms with Gasteiger partial charge in [-0.1, -0.05) is 6.07 Å². The highest BCUT2D eigenvalue weighted by Crippen LogP contribution is 2.47. The van der Waals surface area contributed by atoms with Gasteiger partial charge in [0.1, 0.15) is 6.04 Å². The summed E-state index contributed by atoms with van der Waals surface area (Å²) in [6.45, 7) is 2.91. The first-order chi connectivity index (χ1) is 14.5. The van der Waals surface area contributed by atoms with Gasteiger partial charge in [-0.15, -0.1) is 11.8 Å². The SMILES string of the molecule is COc1ccc(CCC2CCCCN2C(=O)C2CSC3(C)CCC(=O)N23)cc1OC. The van der Waals surface area contributed by atoms with Gasteiger partial charge in [0.2, 0.25) is 11.8 Å². The van der Waals surface area contributed by atoms with Crippen LogP contribution >= 0.6 is 11.8 Å². The molecular weight excluding hydrogens is 400 g/mol. The number of hydrogen-bond acceptors (Lipinski definition) is 5. The van der Waals surface area contributed by atoms with Crippen LogP contribution in [0, 0.1) is 0 Å². The highest BCUT2D eigenvalue weighted by Gasteiger charge is 2.54. The normalized spacial score (nSPS) is 28.6. The number of aryl methyl sites for hydroxylation is 1. The van der Waals surface area contributed by atoms with Crippen molar-refractivity contribution < 1.29 is 19.1 Å². The minimum absolute atomic E-state index is 0.139. The van der Waals surface area contributed by atoms with Crippen LogP contribution in [0.15, 0.2) is 18.2 Å². The van der Waals surface area contributed by atoms with E-state index < -0.39 is 0 Å². The topological polar surface area (TPSA) is 59.1 Å². The number of piperidine rings is 1. The fourth-order valence-corrected chi connectivity index (χ4v) is 6.58. The van der Waals surface area contributed by atoms with E-state index in [0.29, 0.717) is 6.42 Å². The summed E-state index contributed by atoms with van der Waals surface area (Å²) in [6.07, 6.45) is 6.45. The summed E-state index contributed by atoms with van der Waals surface area (Å²) >= 11 is 1.77. The van der Waals surface area contributed by atoms with E-state index >= 15 is 0 Å². The molecule has 30 heavy (non-hydrogen) atoms. The molecule has 3 aliphatic heterocycles. The van der Waals surface area contributed by atoms with Gasteiger partial charge in [-0.05, 0) is 63.1 Å². The van der Waals surface area contributed by atoms with Gasteiger partial charge in [0.15, 0.2) is 11.5 Å². The van der Waals surface area contributed by atoms with E-state index in [1.807, 2.05) is 17.0 Å². The summed E-state index contributed by atoms with van der Waals surface area (Å²) in [7, 11) is 3.29. The molecule has 6 nitrogen and oxygen atoms in total. The van der Waals surface area contributed by atoms with E-state index in [9.17, 15) is 9.59 Å². The predicted octanol–water partition coefficient (Wildman–Crippen LogP) is 3.47. The third-order valence-electron chi connectivity index (χ3n) is 6.85. The summed E-state index contributed by atoms with van der Waals surface area (Å²) in [4.78, 5) is 29.8. The van der Waals surface area contributed by atoms with Crippen molar-refractivity contribution >= 4 is 23.6 Å². The minimum atomic E-state index is -0.295. The van der Waals surface area contributed by atoms with Crippen LogP contribution in [0.3, 0.4) is 0 Å². The Labute approximate surface area is 183 Å². The molecule has 0 bridgehead atoms. The van der Waals surface area contributed by atoms with Crippen LogP contribution in [0.4, 0.5) is 0 Å². The van der Waals surface area contributed by atoms with Gasteiger partial charge in [0.25, 0.3) is 0 Å². The lowest BCUT2D eigenvalue weighted by Gasteiger charge is -2.39. The second-order valence-electron chi connectivity index (χ2n) is 8.67. The number of likely N-dealkylation sites (tertiary alicyclic amines) is 1. The Balaban J connectivity index is 1.44. The van der Waals surface area contributed by atoms with Gasteiger partial charge in [0.05, 0.1) is 19.1 Å². The number of fused-ring (bicyclic) bond motifs is 1. The molecule has 0 aromatic heterocycles. The molecule has 3 atom stereocenters. The number of rotatable bonds is 6. The number of ether oxygens (including phenoxy) is 2. The fraction of sp³-hybridized carbons (Fsp3) is 0.652. The molecule has 3 fully saturated rings. The quantitative estimate of drug-likeness (QED) is 0.689. The predicted molar refractivity (Wildman–Crippen MR) is 118 cm³/mol. The van der Waals surface area contributed by atoms with Crippen LogP contribution < -0.4 is 9.47 Å². The number of methoxy groups -OCH3 is 2. The lowest BCUT2D eigenvalue weighted by molar-refractivity contribution is -0.146. The van der Waals surface area contributed by atoms with Crippen LogP contribution in [-0.2, 0) is 16.0 Å². The standard InChI is InChI=1S/C23H32N2O4S/c1-23-12-11-21(26)25(23)18(15-30-23)22(27)24-13-5-4-6-17(24)9-7-16-8-10-19(28-2)20(14-16)29-3/h8,10,14,17-18H,4-7,9,11-13,15H2,1-3H3. The molecule has 2 amide bonds. The summed E-state index contributed by atoms with van der Waals surface area (Å²) in [6, 6.07) is 5.97. The highest BCUT2D eigenvalue weighted by atomic mass is 32.2. The van der Waals surface area contributed by atoms with Gasteiger partial charge in [-0.2, -0.15) is 0 Å². The van der Waals surface area contributed by atoms with E-state index in [1.165, 1.54) is 5.56 Å². The molecule has 3 unspecified atom stereocenters. The molecule has 3 heterocycles. The zero-order valence-corrected chi connectivity index (χ0v) is 19.0. The Morgan fingerprint density at radius 3 is 2.80 bits per heavy atom. The first-order valence-electron chi connectivity index (χ1n) is 10.9. The number of carbonyl (C=O) groups is 2. The lowest BCUT2D eigenvalue weighted by Crippen LogP contribution is -2.55. The monoisotopic (exact) mass is 432 g/mol. The molecule has 0 spiro atoms. The van der Waals surface area contributed by atoms with E-state index in [-0.39, 0.29) is 28.8 Å². The zero-order valence-electron chi connectivity index (χ0n) is 18.2. The van der Waals surface area contributed by atoms with Crippen molar-refractivity contribution in [3.8, 4) is 11.5 Å². The average molecular weight is 433 g/mol. The van der Waals surface area contributed by atoms with Gasteiger partial charge in [-0.25, -0.2) is 0 Å². The Morgan fingerprint density at radius 2 is 2.03 bits per heavy atom. The van der Waals surface area contributed by atoms with Crippen LogP contribution in [0.5, 0.6) is 11.5 Å². The maximum absolute atomic E-state index is 13.5. The van der Waals surface area contributed by atoms with Gasteiger partial charge >= 0.3 is 0 Å². The molecule has 1 aromatic rings. The Kier molecular flexibility index (Phi) is 6.19. The Morgan fingerprint density at radius 1 is 1.23 bits per heavy atom. The number of hydrogen-bond donors (Lipinski definition) is 0. The smallest absolute Gasteiger partial charge is 0.246 e. The van der Waals surface area contributed by atoms with Crippen molar-refractivity contribution in [2.24, 2.45) is 0 Å². The maximum Gasteiger partial charge on any atom is 0.246 e. The molecule has 4 rings (SSSR count). The first-order valence-corrected chi connectivity index (χ1v) is 11.9. The third-order valence-corrected chi connectivity index (χ3v) is 8.36. The largest absolute Gasteiger partial charge is 0.493 e. The number of amides is 2. The van der Waals surface area contributed by atoms with Crippen molar-refractivity contribution in [2.45, 2.75) is 68.8 Å². The molecule has 0 N–H and O–H groups in total. The molecule has 164 valence electrons. The van der Waals surface area contributed by atoms with Crippen LogP contribution in [0.25, 0.3) is 0 Å². The lowest BCUT2D eigenvalue weighted by atomic mass is 9.95. The van der Waals surface area contributed by atoms with Crippen molar-refractivity contribution in [1.82, 2.24) is 9.80 Å². The number of nitrogens with zero attached hydrogens (tertiary/aromatic N) is 2. The number of carbonyl (C=O) groups excluding carboxylic acids is 2. The van der Waals surface area contributed by atoms with E-state index in [2.05, 4.69) is 17.9 Å². The summed E-state index contributed by atoms with van der Waals surface area (Å²) in [5.74, 6) is 2.48. The molecular formula is C23H32N2O4S. The molecule has 1 aromatic carbocycles. The summed E-state index contributed by atoms with van der Waals surface area (Å²) in [5.41, 5.74) is 1.18. The van der Waals surface area contributed by atoms with Gasteiger partial charge in [0, 0.05) is 24.8 Å². The fourth-order valence-electron chi connectivity index (χ4n) is 5.16. The summed E-state index contributed by atoms with van der Waals surface area (Å²) < 4.78 is 10.8. The highest BCUT2D eigenvalue weighted by molar-refractivity contribution is 8.01. The molecule has 3 aliphatic rings. The van der Waals surface area contributed by atoms with Gasteiger partial charge < -0.3 is 19.3 Å². The van der Waals surface area contributed by atoms with Crippen LogP contribution in [0.2, 0.25) is 0 Å². The van der Waals surface area contributed by atoms with Gasteiger partial charge in [-0.3, -0.25) is 9.59 Å². The second kappa shape index (κ2) is 8.69. The minimum Gasteiger partial charge on any atom is -0.493 e. The second-order valence-corrected chi connectivity index (χ2v) is 10.2. The van der Waals surface area contributed by atoms with Crippen molar-refractivity contribution in [3.05, 3.63) is 23.8 Å². The van der Waals surface area contributed by atoms with E-state index in [4.69, 9.17) is 9.47 Å². The molecule has 0 radical (unpaired) electrons. The van der Waals surface area contributed by atoms with Crippen LogP contribution in [0.1, 0.15) is 51.0 Å². The van der Waals surface area contributed by atoms with Crippen LogP contribution in [-0.4, -0.2) is 65.1 Å². The van der Waals surface area contributed by atoms with E-state index in [1.54, 1.807) is 26.0 Å². The number of benzene rings is 1. The molecule has 3 saturated heterocycles. The van der Waals surface area contributed by atoms with E-state index in [0.717, 1.165) is 62.3 Å². The van der Waals surface area contributed by atoms with Crippen molar-refractivity contribution in [3.63, 3.8) is 0 Å². The Hall–Kier alpha value is -1.89. The maximum atomic E-state index is 13.5. The molecule has 0 saturated carbocycles. The zero-order chi connectivity index (χ0) is 21.3. The average Bonchev–Trinajstić information content (AvgIpc) is 3.27. The van der Waals surface area contributed by atoms with Crippen molar-refractivity contribution in [2.75, 3.05) is 26.5 Å². The summed E-state index contributed by atoms with van der Waals surface area (Å²) in [5, 5.41) is 0. The first kappa shape index (κ1) is 21.3.